The van der Waals surface area contributed by atoms with Crippen LogP contribution in [-0.2, 0) is 0 Å². The third kappa shape index (κ3) is 1.92. The lowest BCUT2D eigenvalue weighted by Gasteiger charge is -2.16. The number of halogens is 1. The monoisotopic (exact) mass is 301 g/mol. The van der Waals surface area contributed by atoms with Crippen LogP contribution in [-0.4, -0.2) is 58.9 Å². The van der Waals surface area contributed by atoms with Crippen molar-refractivity contribution in [2.45, 2.75) is 22.8 Å². The molecule has 10 heteroatoms. The standard InChI is InChI=1S/C10H12FN5O3S/c11-10-14-7(12)4-8(15-10)16(2-13-4)9-6(19)5(18)3(1-17)20-9/h2-3,5-6,9,17-19H,1H2,(H2,12,14,15)/t3-,5-,6+,9+/m1/s1. The molecule has 0 amide bonds. The van der Waals surface area contributed by atoms with E-state index in [-0.39, 0.29) is 23.6 Å². The number of fused-ring (bicyclic) bond motifs is 1. The number of nitrogen functional groups attached to an aromatic ring is 1. The zero-order valence-electron chi connectivity index (χ0n) is 10.1. The van der Waals surface area contributed by atoms with Gasteiger partial charge in [-0.25, -0.2) is 4.98 Å². The fourth-order valence-electron chi connectivity index (χ4n) is 2.21. The second-order valence-corrected chi connectivity index (χ2v) is 5.79. The van der Waals surface area contributed by atoms with Crippen molar-refractivity contribution in [1.29, 1.82) is 0 Å². The van der Waals surface area contributed by atoms with Gasteiger partial charge in [-0.1, -0.05) is 0 Å². The van der Waals surface area contributed by atoms with Crippen LogP contribution in [0.4, 0.5) is 10.2 Å². The SMILES string of the molecule is Nc1nc(F)nc2c1ncn2[C@H]1S[C@H](CO)[C@@H](O)[C@@H]1O. The van der Waals surface area contributed by atoms with Gasteiger partial charge in [0.25, 0.3) is 0 Å². The van der Waals surface area contributed by atoms with Crippen molar-refractivity contribution < 1.29 is 19.7 Å². The summed E-state index contributed by atoms with van der Waals surface area (Å²) in [7, 11) is 0. The predicted molar refractivity (Wildman–Crippen MR) is 69.2 cm³/mol. The Labute approximate surface area is 116 Å². The number of aliphatic hydroxyl groups excluding tert-OH is 3. The van der Waals surface area contributed by atoms with Gasteiger partial charge in [-0.2, -0.15) is 14.4 Å². The molecule has 0 aromatic carbocycles. The van der Waals surface area contributed by atoms with Gasteiger partial charge < -0.3 is 21.1 Å². The van der Waals surface area contributed by atoms with Crippen LogP contribution >= 0.6 is 11.8 Å². The van der Waals surface area contributed by atoms with Crippen molar-refractivity contribution in [1.82, 2.24) is 19.5 Å². The molecule has 0 bridgehead atoms. The normalized spacial score (nSPS) is 30.2. The molecule has 5 N–H and O–H groups in total. The maximum Gasteiger partial charge on any atom is 0.312 e. The zero-order valence-corrected chi connectivity index (χ0v) is 10.9. The summed E-state index contributed by atoms with van der Waals surface area (Å²) in [6.45, 7) is -0.280. The Kier molecular flexibility index (Phi) is 3.24. The predicted octanol–water partition coefficient (Wildman–Crippen LogP) is -1.12. The molecule has 1 aliphatic rings. The number of anilines is 1. The topological polar surface area (TPSA) is 130 Å². The fraction of sp³-hybridized carbons (Fsp3) is 0.500. The molecule has 1 aliphatic heterocycles. The fourth-order valence-corrected chi connectivity index (χ4v) is 3.58. The number of imidazole rings is 1. The van der Waals surface area contributed by atoms with E-state index >= 15 is 0 Å². The first-order chi connectivity index (χ1) is 9.52. The van der Waals surface area contributed by atoms with Gasteiger partial charge in [-0.05, 0) is 0 Å². The van der Waals surface area contributed by atoms with Crippen molar-refractivity contribution in [2.75, 3.05) is 12.3 Å². The van der Waals surface area contributed by atoms with Gasteiger partial charge in [0.2, 0.25) is 0 Å². The highest BCUT2D eigenvalue weighted by atomic mass is 32.2. The van der Waals surface area contributed by atoms with Crippen molar-refractivity contribution >= 4 is 28.7 Å². The van der Waals surface area contributed by atoms with E-state index in [4.69, 9.17) is 10.8 Å². The Balaban J connectivity index is 2.07. The first kappa shape index (κ1) is 13.5. The molecule has 20 heavy (non-hydrogen) atoms. The molecule has 0 saturated carbocycles. The summed E-state index contributed by atoms with van der Waals surface area (Å²) >= 11 is 1.16. The second-order valence-electron chi connectivity index (χ2n) is 4.43. The third-order valence-electron chi connectivity index (χ3n) is 3.21. The second kappa shape index (κ2) is 4.81. The lowest BCUT2D eigenvalue weighted by atomic mass is 10.1. The summed E-state index contributed by atoms with van der Waals surface area (Å²) in [6, 6.07) is 0. The lowest BCUT2D eigenvalue weighted by molar-refractivity contribution is 0.0113. The molecule has 108 valence electrons. The highest BCUT2D eigenvalue weighted by Gasteiger charge is 2.43. The van der Waals surface area contributed by atoms with E-state index in [1.807, 2.05) is 0 Å². The lowest BCUT2D eigenvalue weighted by Crippen LogP contribution is -2.32. The summed E-state index contributed by atoms with van der Waals surface area (Å²) in [4.78, 5) is 11.0. The molecular weight excluding hydrogens is 289 g/mol. The molecule has 0 aliphatic carbocycles. The molecule has 0 radical (unpaired) electrons. The Bertz CT molecular complexity index is 653. The van der Waals surface area contributed by atoms with Crippen LogP contribution in [0.5, 0.6) is 0 Å². The molecule has 0 spiro atoms. The summed E-state index contributed by atoms with van der Waals surface area (Å²) in [5.41, 5.74) is 5.92. The van der Waals surface area contributed by atoms with E-state index in [0.29, 0.717) is 0 Å². The molecule has 2 aromatic rings. The first-order valence-electron chi connectivity index (χ1n) is 5.81. The number of rotatable bonds is 2. The van der Waals surface area contributed by atoms with Gasteiger partial charge in [0, 0.05) is 0 Å². The van der Waals surface area contributed by atoms with Crippen molar-refractivity contribution in [3.05, 3.63) is 12.4 Å². The van der Waals surface area contributed by atoms with E-state index in [9.17, 15) is 14.6 Å². The van der Waals surface area contributed by atoms with Gasteiger partial charge in [0.1, 0.15) is 17.0 Å². The average molecular weight is 301 g/mol. The van der Waals surface area contributed by atoms with Crippen LogP contribution in [0.1, 0.15) is 5.37 Å². The number of aromatic nitrogens is 4. The van der Waals surface area contributed by atoms with Gasteiger partial charge in [-0.15, -0.1) is 11.8 Å². The Hall–Kier alpha value is -1.49. The Morgan fingerprint density at radius 2 is 2.10 bits per heavy atom. The minimum atomic E-state index is -1.13. The average Bonchev–Trinajstić information content (AvgIpc) is 2.93. The van der Waals surface area contributed by atoms with E-state index in [1.54, 1.807) is 0 Å². The quantitative estimate of drug-likeness (QED) is 0.513. The summed E-state index contributed by atoms with van der Waals surface area (Å²) < 4.78 is 14.7. The van der Waals surface area contributed by atoms with Crippen LogP contribution in [0.25, 0.3) is 11.2 Å². The molecule has 1 fully saturated rings. The smallest absolute Gasteiger partial charge is 0.312 e. The van der Waals surface area contributed by atoms with Crippen LogP contribution in [0.3, 0.4) is 0 Å². The number of nitrogens with two attached hydrogens (primary N) is 1. The van der Waals surface area contributed by atoms with Crippen molar-refractivity contribution in [3.8, 4) is 0 Å². The van der Waals surface area contributed by atoms with Gasteiger partial charge in [0.15, 0.2) is 11.5 Å². The minimum Gasteiger partial charge on any atom is -0.395 e. The van der Waals surface area contributed by atoms with Gasteiger partial charge in [-0.3, -0.25) is 4.57 Å². The Morgan fingerprint density at radius 3 is 2.75 bits per heavy atom. The van der Waals surface area contributed by atoms with Crippen molar-refractivity contribution in [2.24, 2.45) is 0 Å². The van der Waals surface area contributed by atoms with E-state index in [1.165, 1.54) is 10.9 Å². The Morgan fingerprint density at radius 1 is 1.35 bits per heavy atom. The molecular formula is C10H12FN5O3S. The third-order valence-corrected chi connectivity index (χ3v) is 4.77. The van der Waals surface area contributed by atoms with Crippen LogP contribution in [0, 0.1) is 6.08 Å². The minimum absolute atomic E-state index is 0.0945. The van der Waals surface area contributed by atoms with Crippen LogP contribution < -0.4 is 5.73 Å². The molecule has 4 atom stereocenters. The molecule has 1 saturated heterocycles. The molecule has 0 unspecified atom stereocenters. The summed E-state index contributed by atoms with van der Waals surface area (Å²) in [6.07, 6.45) is -1.86. The maximum atomic E-state index is 13.3. The highest BCUT2D eigenvalue weighted by Crippen LogP contribution is 2.42. The number of hydrogen-bond acceptors (Lipinski definition) is 8. The van der Waals surface area contributed by atoms with Crippen LogP contribution in [0.15, 0.2) is 6.33 Å². The molecule has 8 nitrogen and oxygen atoms in total. The van der Waals surface area contributed by atoms with Gasteiger partial charge >= 0.3 is 6.08 Å². The molecule has 2 aromatic heterocycles. The van der Waals surface area contributed by atoms with Crippen molar-refractivity contribution in [3.63, 3.8) is 0 Å². The van der Waals surface area contributed by atoms with E-state index < -0.39 is 28.9 Å². The molecule has 3 rings (SSSR count). The zero-order chi connectivity index (χ0) is 14.4. The highest BCUT2D eigenvalue weighted by molar-refractivity contribution is 8.00. The van der Waals surface area contributed by atoms with E-state index in [0.717, 1.165) is 11.8 Å². The maximum absolute atomic E-state index is 13.3. The largest absolute Gasteiger partial charge is 0.395 e. The van der Waals surface area contributed by atoms with Gasteiger partial charge in [0.05, 0.1) is 24.3 Å². The summed E-state index contributed by atoms with van der Waals surface area (Å²) in [5, 5.41) is 27.8. The van der Waals surface area contributed by atoms with E-state index in [2.05, 4.69) is 15.0 Å². The summed E-state index contributed by atoms with van der Waals surface area (Å²) in [5.74, 6) is -0.0945. The number of hydrogen-bond donors (Lipinski definition) is 4. The number of aliphatic hydroxyl groups is 3. The number of nitrogens with zero attached hydrogens (tertiary/aromatic N) is 4. The number of thioether (sulfide) groups is 1. The first-order valence-corrected chi connectivity index (χ1v) is 6.75. The molecule has 3 heterocycles. The van der Waals surface area contributed by atoms with Crippen LogP contribution in [0.2, 0.25) is 0 Å².